The Labute approximate surface area is 196 Å². The number of esters is 1. The minimum absolute atomic E-state index is 0.000414. The lowest BCUT2D eigenvalue weighted by Gasteiger charge is -2.25. The number of rotatable bonds is 7. The zero-order valence-corrected chi connectivity index (χ0v) is 19.2. The van der Waals surface area contributed by atoms with E-state index in [9.17, 15) is 19.5 Å². The van der Waals surface area contributed by atoms with Crippen LogP contribution in [0, 0.1) is 13.8 Å². The van der Waals surface area contributed by atoms with E-state index < -0.39 is 23.7 Å². The van der Waals surface area contributed by atoms with E-state index in [1.807, 2.05) is 41.1 Å². The van der Waals surface area contributed by atoms with Gasteiger partial charge in [0.15, 0.2) is 0 Å². The molecule has 1 amide bonds. The first-order valence-corrected chi connectivity index (χ1v) is 10.9. The lowest BCUT2D eigenvalue weighted by molar-refractivity contribution is -0.139. The molecule has 0 bridgehead atoms. The van der Waals surface area contributed by atoms with Gasteiger partial charge in [-0.15, -0.1) is 0 Å². The fourth-order valence-corrected chi connectivity index (χ4v) is 4.48. The summed E-state index contributed by atoms with van der Waals surface area (Å²) in [4.78, 5) is 46.9. The first-order chi connectivity index (χ1) is 16.3. The Kier molecular flexibility index (Phi) is 6.36. The van der Waals surface area contributed by atoms with Crippen LogP contribution >= 0.6 is 0 Å². The van der Waals surface area contributed by atoms with Crippen LogP contribution in [-0.2, 0) is 20.9 Å². The fraction of sp³-hybridized carbons (Fsp3) is 0.280. The first kappa shape index (κ1) is 23.0. The maximum Gasteiger partial charge on any atom is 0.354 e. The van der Waals surface area contributed by atoms with Crippen molar-refractivity contribution in [2.75, 3.05) is 13.7 Å². The second kappa shape index (κ2) is 9.38. The minimum atomic E-state index is -0.756. The van der Waals surface area contributed by atoms with Gasteiger partial charge in [0.2, 0.25) is 0 Å². The van der Waals surface area contributed by atoms with Crippen molar-refractivity contribution in [3.8, 4) is 0 Å². The quantitative estimate of drug-likeness (QED) is 0.241. The molecule has 1 aliphatic heterocycles. The Morgan fingerprint density at radius 3 is 2.56 bits per heavy atom. The number of aryl methyl sites for hydroxylation is 2. The van der Waals surface area contributed by atoms with E-state index in [1.54, 1.807) is 26.4 Å². The molecule has 3 heterocycles. The van der Waals surface area contributed by atoms with Crippen molar-refractivity contribution >= 4 is 23.4 Å². The third kappa shape index (κ3) is 4.00. The van der Waals surface area contributed by atoms with Gasteiger partial charge >= 0.3 is 5.97 Å². The summed E-state index contributed by atoms with van der Waals surface area (Å²) in [7, 11) is 1.27. The van der Waals surface area contributed by atoms with Crippen molar-refractivity contribution in [1.82, 2.24) is 19.4 Å². The maximum atomic E-state index is 13.2. The largest absolute Gasteiger partial charge is 0.507 e. The van der Waals surface area contributed by atoms with E-state index in [1.165, 1.54) is 12.0 Å². The molecule has 9 nitrogen and oxygen atoms in total. The molecule has 1 saturated heterocycles. The summed E-state index contributed by atoms with van der Waals surface area (Å²) in [6.45, 7) is 4.29. The third-order valence-corrected chi connectivity index (χ3v) is 6.09. The van der Waals surface area contributed by atoms with Crippen LogP contribution in [0.5, 0.6) is 0 Å². The van der Waals surface area contributed by atoms with Crippen LogP contribution in [0.2, 0.25) is 0 Å². The first-order valence-electron chi connectivity index (χ1n) is 10.9. The molecule has 1 fully saturated rings. The molecule has 2 aromatic heterocycles. The number of methoxy groups -OCH3 is 1. The van der Waals surface area contributed by atoms with Crippen LogP contribution in [0.15, 0.2) is 54.6 Å². The van der Waals surface area contributed by atoms with Crippen LogP contribution in [0.3, 0.4) is 0 Å². The molecule has 0 saturated carbocycles. The number of aliphatic hydroxyl groups excluding tert-OH is 1. The summed E-state index contributed by atoms with van der Waals surface area (Å²) in [6, 6.07) is 8.39. The molecule has 0 radical (unpaired) electrons. The average molecular weight is 463 g/mol. The van der Waals surface area contributed by atoms with E-state index >= 15 is 0 Å². The highest BCUT2D eigenvalue weighted by Crippen LogP contribution is 2.40. The van der Waals surface area contributed by atoms with Gasteiger partial charge in [0, 0.05) is 36.7 Å². The Morgan fingerprint density at radius 2 is 1.91 bits per heavy atom. The van der Waals surface area contributed by atoms with E-state index in [-0.39, 0.29) is 17.0 Å². The topological polar surface area (TPSA) is 118 Å². The van der Waals surface area contributed by atoms with Gasteiger partial charge in [0.1, 0.15) is 11.5 Å². The highest BCUT2D eigenvalue weighted by molar-refractivity contribution is 6.46. The number of H-pyrrole nitrogens is 1. The summed E-state index contributed by atoms with van der Waals surface area (Å²) in [6.07, 6.45) is 5.81. The average Bonchev–Trinajstić information content (AvgIpc) is 3.52. The van der Waals surface area contributed by atoms with Gasteiger partial charge in [-0.05, 0) is 31.4 Å². The monoisotopic (exact) mass is 462 g/mol. The number of ketones is 1. The number of amides is 1. The highest BCUT2D eigenvalue weighted by Gasteiger charge is 2.46. The van der Waals surface area contributed by atoms with E-state index in [4.69, 9.17) is 4.74 Å². The standard InChI is InChI=1S/C25H26N4O5/c1-15-18(16(2)27-20(15)25(33)34-3)22(30)19-21(17-8-5-4-6-9-17)29(24(32)23(19)31)12-7-11-28-13-10-26-14-28/h4-6,8-10,13-14,21,27,30H,7,11-12H2,1-3H3/b22-19+/t21-/m0/s1. The van der Waals surface area contributed by atoms with Gasteiger partial charge in [-0.25, -0.2) is 9.78 Å². The minimum Gasteiger partial charge on any atom is -0.507 e. The Hall–Kier alpha value is -4.14. The zero-order chi connectivity index (χ0) is 24.4. The SMILES string of the molecule is COC(=O)c1[nH]c(C)c(/C(O)=C2\C(=O)C(=O)N(CCCn3ccnc3)[C@H]2c2ccccc2)c1C. The number of benzene rings is 1. The second-order valence-corrected chi connectivity index (χ2v) is 8.17. The molecular weight excluding hydrogens is 436 g/mol. The van der Waals surface area contributed by atoms with E-state index in [0.29, 0.717) is 41.9 Å². The van der Waals surface area contributed by atoms with Crippen LogP contribution in [0.4, 0.5) is 0 Å². The summed E-state index contributed by atoms with van der Waals surface area (Å²) < 4.78 is 6.71. The predicted molar refractivity (Wildman–Crippen MR) is 124 cm³/mol. The number of hydrogen-bond acceptors (Lipinski definition) is 6. The van der Waals surface area contributed by atoms with Crippen LogP contribution in [-0.4, -0.2) is 55.9 Å². The smallest absolute Gasteiger partial charge is 0.354 e. The van der Waals surface area contributed by atoms with Gasteiger partial charge in [-0.1, -0.05) is 30.3 Å². The third-order valence-electron chi connectivity index (χ3n) is 6.09. The van der Waals surface area contributed by atoms with Gasteiger partial charge < -0.3 is 24.3 Å². The Morgan fingerprint density at radius 1 is 1.18 bits per heavy atom. The lowest BCUT2D eigenvalue weighted by Crippen LogP contribution is -2.31. The number of ether oxygens (including phenoxy) is 1. The van der Waals surface area contributed by atoms with Crippen molar-refractivity contribution < 1.29 is 24.2 Å². The van der Waals surface area contributed by atoms with Gasteiger partial charge in [0.05, 0.1) is 25.1 Å². The van der Waals surface area contributed by atoms with Crippen LogP contribution in [0.25, 0.3) is 5.76 Å². The second-order valence-electron chi connectivity index (χ2n) is 8.17. The molecule has 1 aliphatic rings. The fourth-order valence-electron chi connectivity index (χ4n) is 4.48. The molecule has 3 aromatic rings. The number of likely N-dealkylation sites (tertiary alicyclic amines) is 1. The number of aromatic nitrogens is 3. The molecular formula is C25H26N4O5. The van der Waals surface area contributed by atoms with E-state index in [0.717, 1.165) is 0 Å². The number of aromatic amines is 1. The van der Waals surface area contributed by atoms with Crippen LogP contribution < -0.4 is 0 Å². The molecule has 1 atom stereocenters. The number of carbonyl (C=O) groups is 3. The number of aliphatic hydroxyl groups is 1. The maximum absolute atomic E-state index is 13.2. The van der Waals surface area contributed by atoms with Gasteiger partial charge in [0.25, 0.3) is 11.7 Å². The lowest BCUT2D eigenvalue weighted by atomic mass is 9.94. The van der Waals surface area contributed by atoms with Crippen LogP contribution in [0.1, 0.15) is 45.3 Å². The number of carbonyl (C=O) groups excluding carboxylic acids is 3. The summed E-state index contributed by atoms with van der Waals surface area (Å²) in [5.74, 6) is -2.32. The number of Topliss-reactive ketones (excluding diaryl/α,β-unsaturated/α-hetero) is 1. The number of imidazole rings is 1. The number of nitrogens with zero attached hydrogens (tertiary/aromatic N) is 3. The van der Waals surface area contributed by atoms with Crippen molar-refractivity contribution in [3.05, 3.63) is 82.7 Å². The number of nitrogens with one attached hydrogen (secondary N) is 1. The molecule has 34 heavy (non-hydrogen) atoms. The van der Waals surface area contributed by atoms with E-state index in [2.05, 4.69) is 9.97 Å². The Bertz CT molecular complexity index is 1260. The van der Waals surface area contributed by atoms with Gasteiger partial charge in [-0.3, -0.25) is 9.59 Å². The highest BCUT2D eigenvalue weighted by atomic mass is 16.5. The Balaban J connectivity index is 1.78. The summed E-state index contributed by atoms with van der Waals surface area (Å²) in [5, 5.41) is 11.4. The van der Waals surface area contributed by atoms with Crippen molar-refractivity contribution in [2.24, 2.45) is 0 Å². The molecule has 9 heteroatoms. The zero-order valence-electron chi connectivity index (χ0n) is 19.2. The van der Waals surface area contributed by atoms with Crippen molar-refractivity contribution in [3.63, 3.8) is 0 Å². The molecule has 1 aromatic carbocycles. The molecule has 2 N–H and O–H groups in total. The van der Waals surface area contributed by atoms with Gasteiger partial charge in [-0.2, -0.15) is 0 Å². The molecule has 0 unspecified atom stereocenters. The normalized spacial score (nSPS) is 17.4. The summed E-state index contributed by atoms with van der Waals surface area (Å²) >= 11 is 0. The molecule has 4 rings (SSSR count). The molecule has 0 aliphatic carbocycles. The van der Waals surface area contributed by atoms with Crippen molar-refractivity contribution in [2.45, 2.75) is 32.9 Å². The predicted octanol–water partition coefficient (Wildman–Crippen LogP) is 3.13. The molecule has 176 valence electrons. The molecule has 0 spiro atoms. The number of hydrogen-bond donors (Lipinski definition) is 2. The van der Waals surface area contributed by atoms with Crippen molar-refractivity contribution in [1.29, 1.82) is 0 Å². The summed E-state index contributed by atoms with van der Waals surface area (Å²) in [5.41, 5.74) is 2.16.